The van der Waals surface area contributed by atoms with Crippen molar-refractivity contribution in [1.82, 2.24) is 0 Å². The fourth-order valence-corrected chi connectivity index (χ4v) is 5.66. The van der Waals surface area contributed by atoms with Crippen LogP contribution >= 0.6 is 0 Å². The number of ether oxygens (including phenoxy) is 1. The van der Waals surface area contributed by atoms with E-state index < -0.39 is 0 Å². The van der Waals surface area contributed by atoms with Crippen molar-refractivity contribution in [1.29, 1.82) is 0 Å². The minimum absolute atomic E-state index is 0.830. The Bertz CT molecular complexity index is 1720. The van der Waals surface area contributed by atoms with E-state index in [0.717, 1.165) is 17.9 Å². The second-order valence-electron chi connectivity index (χ2n) is 9.71. The summed E-state index contributed by atoms with van der Waals surface area (Å²) in [4.78, 5) is 0. The van der Waals surface area contributed by atoms with Gasteiger partial charge in [0, 0.05) is 0 Å². The monoisotopic (exact) mass is 486 g/mol. The van der Waals surface area contributed by atoms with E-state index in [-0.39, 0.29) is 0 Å². The summed E-state index contributed by atoms with van der Waals surface area (Å²) in [6.07, 6.45) is 0.944. The molecule has 0 fully saturated rings. The molecule has 0 saturated heterocycles. The van der Waals surface area contributed by atoms with Crippen molar-refractivity contribution < 1.29 is 4.74 Å². The van der Waals surface area contributed by atoms with Crippen LogP contribution in [0.3, 0.4) is 0 Å². The van der Waals surface area contributed by atoms with E-state index in [1.54, 1.807) is 0 Å². The van der Waals surface area contributed by atoms with Crippen LogP contribution in [0.1, 0.15) is 11.1 Å². The van der Waals surface area contributed by atoms with Crippen molar-refractivity contribution >= 4 is 0 Å². The van der Waals surface area contributed by atoms with Crippen LogP contribution in [-0.4, -0.2) is 0 Å². The second-order valence-corrected chi connectivity index (χ2v) is 9.71. The van der Waals surface area contributed by atoms with Gasteiger partial charge in [-0.25, -0.2) is 0 Å². The van der Waals surface area contributed by atoms with Crippen LogP contribution in [-0.2, 0) is 6.42 Å². The average molecular weight is 487 g/mol. The first kappa shape index (κ1) is 22.3. The van der Waals surface area contributed by atoms with Crippen molar-refractivity contribution in [3.8, 4) is 56.0 Å². The molecular weight excluding hydrogens is 460 g/mol. The van der Waals surface area contributed by atoms with Crippen LogP contribution in [0, 0.1) is 0 Å². The standard InChI is InChI=1S/C37H26O/c1-4-12-27(13-5-1)36-33(26-20-22-31(23-21-26)38-30-17-8-3-9-18-30)25-34-32-19-11-10-16-29(32)24-35(34)37(36)28-14-6-2-7-15-28/h1-23,25H,24H2. The number of benzene rings is 6. The molecule has 38 heavy (non-hydrogen) atoms. The molecule has 1 aliphatic carbocycles. The molecule has 6 aromatic rings. The smallest absolute Gasteiger partial charge is 0.127 e. The first-order chi connectivity index (χ1) is 18.8. The number of rotatable bonds is 5. The Morgan fingerprint density at radius 3 is 1.63 bits per heavy atom. The van der Waals surface area contributed by atoms with Gasteiger partial charge in [0.1, 0.15) is 11.5 Å². The summed E-state index contributed by atoms with van der Waals surface area (Å²) < 4.78 is 6.10. The maximum Gasteiger partial charge on any atom is 0.127 e. The van der Waals surface area contributed by atoms with E-state index in [0.29, 0.717) is 0 Å². The van der Waals surface area contributed by atoms with Crippen LogP contribution < -0.4 is 4.74 Å². The molecule has 0 aromatic heterocycles. The number of para-hydroxylation sites is 1. The van der Waals surface area contributed by atoms with Crippen LogP contribution in [0.5, 0.6) is 11.5 Å². The zero-order chi connectivity index (χ0) is 25.3. The van der Waals surface area contributed by atoms with Gasteiger partial charge in [0.25, 0.3) is 0 Å². The molecule has 7 rings (SSSR count). The van der Waals surface area contributed by atoms with Crippen LogP contribution in [0.4, 0.5) is 0 Å². The zero-order valence-corrected chi connectivity index (χ0v) is 21.0. The van der Waals surface area contributed by atoms with E-state index >= 15 is 0 Å². The lowest BCUT2D eigenvalue weighted by Gasteiger charge is -2.21. The molecule has 0 amide bonds. The van der Waals surface area contributed by atoms with Gasteiger partial charge < -0.3 is 4.74 Å². The Labute approximate surface area is 223 Å². The Morgan fingerprint density at radius 1 is 0.395 bits per heavy atom. The Balaban J connectivity index is 1.46. The number of fused-ring (bicyclic) bond motifs is 3. The third kappa shape index (κ3) is 3.99. The molecule has 1 heteroatoms. The number of hydrogen-bond acceptors (Lipinski definition) is 1. The minimum Gasteiger partial charge on any atom is -0.457 e. The fourth-order valence-electron chi connectivity index (χ4n) is 5.66. The predicted molar refractivity (Wildman–Crippen MR) is 158 cm³/mol. The van der Waals surface area contributed by atoms with Crippen molar-refractivity contribution in [3.05, 3.63) is 157 Å². The third-order valence-corrected chi connectivity index (χ3v) is 7.38. The lowest BCUT2D eigenvalue weighted by atomic mass is 9.82. The molecule has 0 bridgehead atoms. The molecule has 1 aliphatic rings. The number of hydrogen-bond donors (Lipinski definition) is 0. The van der Waals surface area contributed by atoms with Gasteiger partial charge in [-0.15, -0.1) is 0 Å². The van der Waals surface area contributed by atoms with Gasteiger partial charge >= 0.3 is 0 Å². The molecule has 0 N–H and O–H groups in total. The van der Waals surface area contributed by atoms with Crippen LogP contribution in [0.2, 0.25) is 0 Å². The molecule has 0 heterocycles. The van der Waals surface area contributed by atoms with E-state index in [9.17, 15) is 0 Å². The summed E-state index contributed by atoms with van der Waals surface area (Å²) in [6, 6.07) is 51.3. The highest BCUT2D eigenvalue weighted by Gasteiger charge is 2.27. The molecule has 0 radical (unpaired) electrons. The summed E-state index contributed by atoms with van der Waals surface area (Å²) in [7, 11) is 0. The van der Waals surface area contributed by atoms with Gasteiger partial charge in [0.2, 0.25) is 0 Å². The predicted octanol–water partition coefficient (Wildman–Crippen LogP) is 10.1. The molecule has 0 aliphatic heterocycles. The van der Waals surface area contributed by atoms with Gasteiger partial charge in [-0.2, -0.15) is 0 Å². The Kier molecular flexibility index (Phi) is 5.60. The first-order valence-electron chi connectivity index (χ1n) is 13.1. The maximum atomic E-state index is 6.10. The van der Waals surface area contributed by atoms with E-state index in [1.807, 2.05) is 30.3 Å². The molecule has 1 nitrogen and oxygen atoms in total. The third-order valence-electron chi connectivity index (χ3n) is 7.38. The van der Waals surface area contributed by atoms with Gasteiger partial charge in [-0.1, -0.05) is 115 Å². The Hall–Kier alpha value is -4.88. The van der Waals surface area contributed by atoms with E-state index in [4.69, 9.17) is 4.74 Å². The van der Waals surface area contributed by atoms with Crippen LogP contribution in [0.15, 0.2) is 146 Å². The first-order valence-corrected chi connectivity index (χ1v) is 13.1. The summed E-state index contributed by atoms with van der Waals surface area (Å²) in [5, 5.41) is 0. The second kappa shape index (κ2) is 9.53. The zero-order valence-electron chi connectivity index (χ0n) is 21.0. The summed E-state index contributed by atoms with van der Waals surface area (Å²) in [5.41, 5.74) is 13.0. The summed E-state index contributed by atoms with van der Waals surface area (Å²) >= 11 is 0. The van der Waals surface area contributed by atoms with E-state index in [1.165, 1.54) is 55.6 Å². The quantitative estimate of drug-likeness (QED) is 0.235. The van der Waals surface area contributed by atoms with Gasteiger partial charge in [-0.05, 0) is 92.4 Å². The summed E-state index contributed by atoms with van der Waals surface area (Å²) in [6.45, 7) is 0. The average Bonchev–Trinajstić information content (AvgIpc) is 3.36. The highest BCUT2D eigenvalue weighted by atomic mass is 16.5. The highest BCUT2D eigenvalue weighted by molar-refractivity contribution is 6.01. The highest BCUT2D eigenvalue weighted by Crippen LogP contribution is 2.50. The minimum atomic E-state index is 0.830. The van der Waals surface area contributed by atoms with Gasteiger partial charge in [0.15, 0.2) is 0 Å². The van der Waals surface area contributed by atoms with E-state index in [2.05, 4.69) is 115 Å². The van der Waals surface area contributed by atoms with Crippen molar-refractivity contribution in [3.63, 3.8) is 0 Å². The van der Waals surface area contributed by atoms with Crippen LogP contribution in [0.25, 0.3) is 44.5 Å². The van der Waals surface area contributed by atoms with Crippen molar-refractivity contribution in [2.75, 3.05) is 0 Å². The van der Waals surface area contributed by atoms with Gasteiger partial charge in [0.05, 0.1) is 0 Å². The van der Waals surface area contributed by atoms with Crippen molar-refractivity contribution in [2.45, 2.75) is 6.42 Å². The fraction of sp³-hybridized carbons (Fsp3) is 0.0270. The SMILES string of the molecule is c1ccc(Oc2ccc(-c3cc4c(c(-c5ccccc5)c3-c3ccccc3)Cc3ccccc3-4)cc2)cc1. The summed E-state index contributed by atoms with van der Waals surface area (Å²) in [5.74, 6) is 1.67. The molecule has 0 atom stereocenters. The van der Waals surface area contributed by atoms with Gasteiger partial charge in [-0.3, -0.25) is 0 Å². The molecular formula is C37H26O. The molecule has 6 aromatic carbocycles. The molecule has 0 unspecified atom stereocenters. The normalized spacial score (nSPS) is 11.6. The topological polar surface area (TPSA) is 9.23 Å². The lowest BCUT2D eigenvalue weighted by molar-refractivity contribution is 0.483. The Morgan fingerprint density at radius 2 is 0.947 bits per heavy atom. The van der Waals surface area contributed by atoms with Crippen molar-refractivity contribution in [2.24, 2.45) is 0 Å². The molecule has 0 spiro atoms. The molecule has 180 valence electrons. The molecule has 0 saturated carbocycles. The lowest BCUT2D eigenvalue weighted by Crippen LogP contribution is -1.97. The largest absolute Gasteiger partial charge is 0.457 e. The maximum absolute atomic E-state index is 6.10.